The van der Waals surface area contributed by atoms with Gasteiger partial charge >= 0.3 is 0 Å². The van der Waals surface area contributed by atoms with Gasteiger partial charge in [-0.2, -0.15) is 0 Å². The third-order valence-electron chi connectivity index (χ3n) is 3.35. The molecule has 0 fully saturated rings. The molecule has 0 saturated carbocycles. The minimum atomic E-state index is 0.538. The number of nitrogens with zero attached hydrogens (tertiary/aromatic N) is 2. The van der Waals surface area contributed by atoms with E-state index in [0.717, 1.165) is 24.3 Å². The van der Waals surface area contributed by atoms with Gasteiger partial charge in [-0.3, -0.25) is 0 Å². The summed E-state index contributed by atoms with van der Waals surface area (Å²) in [5, 5.41) is 3.48. The first-order valence-corrected chi connectivity index (χ1v) is 6.27. The van der Waals surface area contributed by atoms with Gasteiger partial charge < -0.3 is 9.88 Å². The van der Waals surface area contributed by atoms with Gasteiger partial charge in [0, 0.05) is 13.1 Å². The largest absolute Gasteiger partial charge is 0.330 e. The van der Waals surface area contributed by atoms with Crippen LogP contribution in [0.5, 0.6) is 0 Å². The summed E-state index contributed by atoms with van der Waals surface area (Å²) < 4.78 is 2.17. The molecule has 92 valence electrons. The quantitative estimate of drug-likeness (QED) is 0.877. The Morgan fingerprint density at radius 1 is 1.41 bits per heavy atom. The van der Waals surface area contributed by atoms with Crippen LogP contribution < -0.4 is 5.32 Å². The lowest BCUT2D eigenvalue weighted by Crippen LogP contribution is -2.25. The van der Waals surface area contributed by atoms with Gasteiger partial charge in [-0.05, 0) is 38.0 Å². The number of aromatic nitrogens is 2. The summed E-state index contributed by atoms with van der Waals surface area (Å²) >= 11 is 0. The Morgan fingerprint density at radius 3 is 2.88 bits per heavy atom. The second-order valence-corrected chi connectivity index (χ2v) is 4.77. The molecule has 0 radical (unpaired) electrons. The fraction of sp³-hybridized carbons (Fsp3) is 0.500. The number of imidazole rings is 1. The molecule has 2 aromatic rings. The molecule has 1 atom stereocenters. The van der Waals surface area contributed by atoms with Crippen LogP contribution in [-0.4, -0.2) is 15.6 Å². The highest BCUT2D eigenvalue weighted by molar-refractivity contribution is 5.76. The first kappa shape index (κ1) is 12.1. The SMILES string of the molecule is CCC(C)NCc1nc2cc(C)ccc2n1C. The zero-order chi connectivity index (χ0) is 12.4. The second kappa shape index (κ2) is 4.88. The summed E-state index contributed by atoms with van der Waals surface area (Å²) in [4.78, 5) is 4.68. The van der Waals surface area contributed by atoms with Crippen molar-refractivity contribution >= 4 is 11.0 Å². The molecule has 0 aliphatic heterocycles. The van der Waals surface area contributed by atoms with Crippen molar-refractivity contribution < 1.29 is 0 Å². The molecular formula is C14H21N3. The fourth-order valence-electron chi connectivity index (χ4n) is 1.93. The van der Waals surface area contributed by atoms with Crippen LogP contribution in [0.25, 0.3) is 11.0 Å². The van der Waals surface area contributed by atoms with E-state index in [2.05, 4.69) is 60.9 Å². The van der Waals surface area contributed by atoms with E-state index < -0.39 is 0 Å². The standard InChI is InChI=1S/C14H21N3/c1-5-11(3)15-9-14-16-12-8-10(2)6-7-13(12)17(14)4/h6-8,11,15H,5,9H2,1-4H3. The minimum absolute atomic E-state index is 0.538. The fourth-order valence-corrected chi connectivity index (χ4v) is 1.93. The van der Waals surface area contributed by atoms with Gasteiger partial charge in [-0.25, -0.2) is 4.98 Å². The molecule has 3 nitrogen and oxygen atoms in total. The summed E-state index contributed by atoms with van der Waals surface area (Å²) in [6, 6.07) is 6.96. The lowest BCUT2D eigenvalue weighted by molar-refractivity contribution is 0.517. The number of aryl methyl sites for hydroxylation is 2. The van der Waals surface area contributed by atoms with E-state index in [4.69, 9.17) is 0 Å². The Bertz CT molecular complexity index is 513. The topological polar surface area (TPSA) is 29.9 Å². The van der Waals surface area contributed by atoms with Crippen molar-refractivity contribution in [2.45, 2.75) is 39.8 Å². The third kappa shape index (κ3) is 2.50. The van der Waals surface area contributed by atoms with Crippen LogP contribution in [-0.2, 0) is 13.6 Å². The number of hydrogen-bond donors (Lipinski definition) is 1. The molecule has 0 saturated heterocycles. The molecule has 1 aromatic heterocycles. The van der Waals surface area contributed by atoms with Gasteiger partial charge in [0.1, 0.15) is 5.82 Å². The maximum Gasteiger partial charge on any atom is 0.123 e. The lowest BCUT2D eigenvalue weighted by atomic mass is 10.2. The van der Waals surface area contributed by atoms with Crippen LogP contribution in [0, 0.1) is 6.92 Å². The van der Waals surface area contributed by atoms with E-state index in [1.807, 2.05) is 0 Å². The van der Waals surface area contributed by atoms with Gasteiger partial charge in [-0.15, -0.1) is 0 Å². The van der Waals surface area contributed by atoms with Gasteiger partial charge in [0.15, 0.2) is 0 Å². The Hall–Kier alpha value is -1.35. The van der Waals surface area contributed by atoms with Gasteiger partial charge in [0.2, 0.25) is 0 Å². The average Bonchev–Trinajstić information content (AvgIpc) is 2.62. The maximum absolute atomic E-state index is 4.68. The summed E-state index contributed by atoms with van der Waals surface area (Å²) in [5.74, 6) is 1.10. The number of rotatable bonds is 4. The van der Waals surface area contributed by atoms with Crippen LogP contribution in [0.4, 0.5) is 0 Å². The lowest BCUT2D eigenvalue weighted by Gasteiger charge is -2.10. The van der Waals surface area contributed by atoms with Crippen molar-refractivity contribution in [2.24, 2.45) is 7.05 Å². The van der Waals surface area contributed by atoms with E-state index >= 15 is 0 Å². The molecule has 1 unspecified atom stereocenters. The van der Waals surface area contributed by atoms with E-state index in [1.54, 1.807) is 0 Å². The predicted octanol–water partition coefficient (Wildman–Crippen LogP) is 2.77. The molecule has 2 rings (SSSR count). The van der Waals surface area contributed by atoms with Crippen molar-refractivity contribution in [3.63, 3.8) is 0 Å². The summed E-state index contributed by atoms with van der Waals surface area (Å²) in [6.45, 7) is 7.33. The highest BCUT2D eigenvalue weighted by atomic mass is 15.1. The zero-order valence-corrected chi connectivity index (χ0v) is 11.1. The monoisotopic (exact) mass is 231 g/mol. The van der Waals surface area contributed by atoms with Gasteiger partial charge in [-0.1, -0.05) is 13.0 Å². The van der Waals surface area contributed by atoms with Crippen molar-refractivity contribution in [2.75, 3.05) is 0 Å². The van der Waals surface area contributed by atoms with Crippen LogP contribution in [0.15, 0.2) is 18.2 Å². The summed E-state index contributed by atoms with van der Waals surface area (Å²) in [7, 11) is 2.08. The zero-order valence-electron chi connectivity index (χ0n) is 11.1. The maximum atomic E-state index is 4.68. The molecule has 1 aromatic carbocycles. The highest BCUT2D eigenvalue weighted by Crippen LogP contribution is 2.16. The molecular weight excluding hydrogens is 210 g/mol. The molecule has 0 aliphatic rings. The summed E-state index contributed by atoms with van der Waals surface area (Å²) in [6.07, 6.45) is 1.14. The number of fused-ring (bicyclic) bond motifs is 1. The Kier molecular flexibility index (Phi) is 3.48. The van der Waals surface area contributed by atoms with Gasteiger partial charge in [0.25, 0.3) is 0 Å². The van der Waals surface area contributed by atoms with E-state index in [1.165, 1.54) is 11.1 Å². The number of hydrogen-bond acceptors (Lipinski definition) is 2. The molecule has 3 heteroatoms. The Balaban J connectivity index is 2.26. The van der Waals surface area contributed by atoms with Crippen LogP contribution in [0.1, 0.15) is 31.7 Å². The summed E-state index contributed by atoms with van der Waals surface area (Å²) in [5.41, 5.74) is 3.56. The first-order chi connectivity index (χ1) is 8.11. The molecule has 17 heavy (non-hydrogen) atoms. The Labute approximate surface area is 103 Å². The van der Waals surface area contributed by atoms with Crippen molar-refractivity contribution in [3.05, 3.63) is 29.6 Å². The third-order valence-corrected chi connectivity index (χ3v) is 3.35. The van der Waals surface area contributed by atoms with Crippen LogP contribution in [0.3, 0.4) is 0 Å². The van der Waals surface area contributed by atoms with Gasteiger partial charge in [0.05, 0.1) is 17.6 Å². The van der Waals surface area contributed by atoms with Crippen LogP contribution in [0.2, 0.25) is 0 Å². The van der Waals surface area contributed by atoms with E-state index in [0.29, 0.717) is 6.04 Å². The molecule has 1 N–H and O–H groups in total. The second-order valence-electron chi connectivity index (χ2n) is 4.77. The minimum Gasteiger partial charge on any atom is -0.330 e. The molecule has 0 aliphatic carbocycles. The number of benzene rings is 1. The van der Waals surface area contributed by atoms with Crippen LogP contribution >= 0.6 is 0 Å². The number of nitrogens with one attached hydrogen (secondary N) is 1. The van der Waals surface area contributed by atoms with Crippen molar-refractivity contribution in [3.8, 4) is 0 Å². The van der Waals surface area contributed by atoms with E-state index in [-0.39, 0.29) is 0 Å². The molecule has 0 bridgehead atoms. The molecule has 0 spiro atoms. The molecule has 0 amide bonds. The van der Waals surface area contributed by atoms with Crippen molar-refractivity contribution in [1.82, 2.24) is 14.9 Å². The highest BCUT2D eigenvalue weighted by Gasteiger charge is 2.08. The Morgan fingerprint density at radius 2 is 2.18 bits per heavy atom. The average molecular weight is 231 g/mol. The smallest absolute Gasteiger partial charge is 0.123 e. The van der Waals surface area contributed by atoms with Crippen molar-refractivity contribution in [1.29, 1.82) is 0 Å². The predicted molar refractivity (Wildman–Crippen MR) is 72.0 cm³/mol. The van der Waals surface area contributed by atoms with E-state index in [9.17, 15) is 0 Å². The first-order valence-electron chi connectivity index (χ1n) is 6.27. The molecule has 1 heterocycles. The normalized spacial score (nSPS) is 13.2.